The average Bonchev–Trinajstić information content (AvgIpc) is 3.12. The lowest BCUT2D eigenvalue weighted by atomic mass is 10.1. The third-order valence-corrected chi connectivity index (χ3v) is 4.85. The molecule has 1 aromatic carbocycles. The zero-order chi connectivity index (χ0) is 16.8. The first-order chi connectivity index (χ1) is 11.5. The fourth-order valence-electron chi connectivity index (χ4n) is 2.68. The van der Waals surface area contributed by atoms with Crippen LogP contribution in [0.1, 0.15) is 5.69 Å². The van der Waals surface area contributed by atoms with Crippen molar-refractivity contribution in [3.05, 3.63) is 35.5 Å². The lowest BCUT2D eigenvalue weighted by Crippen LogP contribution is -2.35. The number of aromatic nitrogens is 2. The smallest absolute Gasteiger partial charge is 0.309 e. The Bertz CT molecular complexity index is 975. The van der Waals surface area contributed by atoms with E-state index in [1.807, 2.05) is 24.4 Å². The predicted molar refractivity (Wildman–Crippen MR) is 88.7 cm³/mol. The molecule has 122 valence electrons. The van der Waals surface area contributed by atoms with Crippen molar-refractivity contribution in [3.63, 3.8) is 0 Å². The number of hydrogen-bond acceptors (Lipinski definition) is 5. The highest BCUT2D eigenvalue weighted by Crippen LogP contribution is 2.35. The number of fused-ring (bicyclic) bond motifs is 2. The first kappa shape index (κ1) is 14.7. The van der Waals surface area contributed by atoms with Crippen LogP contribution in [0.3, 0.4) is 0 Å². The van der Waals surface area contributed by atoms with Crippen LogP contribution in [0.2, 0.25) is 0 Å². The van der Waals surface area contributed by atoms with Gasteiger partial charge in [0.2, 0.25) is 0 Å². The summed E-state index contributed by atoms with van der Waals surface area (Å²) in [6.45, 7) is 0.0433. The summed E-state index contributed by atoms with van der Waals surface area (Å²) in [7, 11) is 1.71. The van der Waals surface area contributed by atoms with Gasteiger partial charge in [-0.15, -0.1) is 11.3 Å². The number of hydrogen-bond donors (Lipinski definition) is 1. The standard InChI is InChI=1S/C16H13N3O4S/c1-18-12-4-9(2-3-13(12)23-7-14(18)20)11-6-19-10(5-15(21)22)8-24-16(19)17-11/h2-4,6,8H,5,7H2,1H3,(H,21,22). The van der Waals surface area contributed by atoms with Gasteiger partial charge in [-0.2, -0.15) is 0 Å². The van der Waals surface area contributed by atoms with Crippen molar-refractivity contribution in [2.75, 3.05) is 18.6 Å². The Balaban J connectivity index is 1.76. The molecule has 0 unspecified atom stereocenters. The van der Waals surface area contributed by atoms with E-state index < -0.39 is 5.97 Å². The molecule has 0 radical (unpaired) electrons. The highest BCUT2D eigenvalue weighted by atomic mass is 32.1. The van der Waals surface area contributed by atoms with E-state index in [1.54, 1.807) is 21.7 Å². The van der Waals surface area contributed by atoms with E-state index in [4.69, 9.17) is 9.84 Å². The van der Waals surface area contributed by atoms with Gasteiger partial charge in [-0.3, -0.25) is 14.0 Å². The number of likely N-dealkylation sites (N-methyl/N-ethyl adjacent to an activating group) is 1. The molecule has 3 heterocycles. The molecule has 0 atom stereocenters. The molecule has 0 saturated carbocycles. The quantitative estimate of drug-likeness (QED) is 0.787. The zero-order valence-corrected chi connectivity index (χ0v) is 13.5. The number of carboxylic acids is 1. The third-order valence-electron chi connectivity index (χ3n) is 3.96. The first-order valence-electron chi connectivity index (χ1n) is 7.24. The maximum absolute atomic E-state index is 11.8. The minimum atomic E-state index is -0.879. The number of ether oxygens (including phenoxy) is 1. The molecule has 0 saturated heterocycles. The lowest BCUT2D eigenvalue weighted by molar-refractivity contribution is -0.136. The molecule has 1 aliphatic rings. The van der Waals surface area contributed by atoms with Crippen LogP contribution < -0.4 is 9.64 Å². The van der Waals surface area contributed by atoms with Crippen LogP contribution in [0, 0.1) is 0 Å². The summed E-state index contributed by atoms with van der Waals surface area (Å²) in [6, 6.07) is 5.56. The Morgan fingerprint density at radius 3 is 3.08 bits per heavy atom. The lowest BCUT2D eigenvalue weighted by Gasteiger charge is -2.26. The Morgan fingerprint density at radius 1 is 1.46 bits per heavy atom. The van der Waals surface area contributed by atoms with Gasteiger partial charge in [-0.05, 0) is 18.2 Å². The number of thiazole rings is 1. The molecule has 1 N–H and O–H groups in total. The number of carbonyl (C=O) groups is 2. The van der Waals surface area contributed by atoms with Gasteiger partial charge < -0.3 is 14.7 Å². The average molecular weight is 343 g/mol. The van der Waals surface area contributed by atoms with Crippen molar-refractivity contribution in [1.82, 2.24) is 9.38 Å². The second-order valence-electron chi connectivity index (χ2n) is 5.50. The second kappa shape index (κ2) is 5.34. The summed E-state index contributed by atoms with van der Waals surface area (Å²) >= 11 is 1.40. The number of rotatable bonds is 3. The van der Waals surface area contributed by atoms with E-state index in [2.05, 4.69) is 4.98 Å². The summed E-state index contributed by atoms with van der Waals surface area (Å²) in [6.07, 6.45) is 1.77. The molecule has 8 heteroatoms. The number of carboxylic acid groups (broad SMARTS) is 1. The summed E-state index contributed by atoms with van der Waals surface area (Å²) in [4.78, 5) is 29.6. The highest BCUT2D eigenvalue weighted by Gasteiger charge is 2.23. The first-order valence-corrected chi connectivity index (χ1v) is 8.12. The Hall–Kier alpha value is -2.87. The Labute approximate surface area is 140 Å². The molecular formula is C16H13N3O4S. The summed E-state index contributed by atoms with van der Waals surface area (Å²) in [5.74, 6) is -0.321. The van der Waals surface area contributed by atoms with Crippen molar-refractivity contribution >= 4 is 33.9 Å². The monoisotopic (exact) mass is 343 g/mol. The minimum absolute atomic E-state index is 0.0433. The number of imidazole rings is 1. The van der Waals surface area contributed by atoms with Crippen molar-refractivity contribution in [3.8, 4) is 17.0 Å². The molecule has 7 nitrogen and oxygen atoms in total. The predicted octanol–water partition coefficient (Wildman–Crippen LogP) is 2.05. The zero-order valence-electron chi connectivity index (χ0n) is 12.7. The van der Waals surface area contributed by atoms with E-state index in [-0.39, 0.29) is 18.9 Å². The largest absolute Gasteiger partial charge is 0.482 e. The fourth-order valence-corrected chi connectivity index (χ4v) is 3.55. The molecule has 1 aliphatic heterocycles. The minimum Gasteiger partial charge on any atom is -0.482 e. The molecule has 2 aromatic heterocycles. The Morgan fingerprint density at radius 2 is 2.29 bits per heavy atom. The second-order valence-corrected chi connectivity index (χ2v) is 6.34. The third kappa shape index (κ3) is 2.31. The topological polar surface area (TPSA) is 84.1 Å². The number of nitrogens with zero attached hydrogens (tertiary/aromatic N) is 3. The van der Waals surface area contributed by atoms with Gasteiger partial charge in [-0.1, -0.05) is 0 Å². The van der Waals surface area contributed by atoms with E-state index in [0.717, 1.165) is 16.2 Å². The number of anilines is 1. The van der Waals surface area contributed by atoms with E-state index in [9.17, 15) is 9.59 Å². The molecule has 1 amide bonds. The maximum atomic E-state index is 11.8. The summed E-state index contributed by atoms with van der Waals surface area (Å²) < 4.78 is 7.21. The van der Waals surface area contributed by atoms with Crippen LogP contribution in [0.15, 0.2) is 29.8 Å². The molecule has 0 fully saturated rings. The van der Waals surface area contributed by atoms with E-state index in [0.29, 0.717) is 17.1 Å². The van der Waals surface area contributed by atoms with Gasteiger partial charge in [0.1, 0.15) is 5.75 Å². The van der Waals surface area contributed by atoms with Crippen molar-refractivity contribution in [2.24, 2.45) is 0 Å². The van der Waals surface area contributed by atoms with Crippen LogP contribution in [-0.4, -0.2) is 40.0 Å². The molecule has 3 aromatic rings. The van der Waals surface area contributed by atoms with Crippen molar-refractivity contribution < 1.29 is 19.4 Å². The maximum Gasteiger partial charge on any atom is 0.309 e. The number of carbonyl (C=O) groups excluding carboxylic acids is 1. The van der Waals surface area contributed by atoms with Crippen LogP contribution in [0.25, 0.3) is 16.2 Å². The molecule has 0 spiro atoms. The van der Waals surface area contributed by atoms with Crippen molar-refractivity contribution in [1.29, 1.82) is 0 Å². The summed E-state index contributed by atoms with van der Waals surface area (Å²) in [5, 5.41) is 10.8. The van der Waals surface area contributed by atoms with Crippen LogP contribution in [0.5, 0.6) is 5.75 Å². The van der Waals surface area contributed by atoms with Crippen molar-refractivity contribution in [2.45, 2.75) is 6.42 Å². The van der Waals surface area contributed by atoms with Crippen LogP contribution in [-0.2, 0) is 16.0 Å². The molecule has 24 heavy (non-hydrogen) atoms. The van der Waals surface area contributed by atoms with Gasteiger partial charge in [0, 0.05) is 29.9 Å². The Kier molecular flexibility index (Phi) is 3.27. The van der Waals surface area contributed by atoms with Crippen LogP contribution in [0.4, 0.5) is 5.69 Å². The highest BCUT2D eigenvalue weighted by molar-refractivity contribution is 7.15. The van der Waals surface area contributed by atoms with E-state index in [1.165, 1.54) is 11.3 Å². The summed E-state index contributed by atoms with van der Waals surface area (Å²) in [5.41, 5.74) is 2.96. The van der Waals surface area contributed by atoms with Gasteiger partial charge in [-0.25, -0.2) is 4.98 Å². The number of aliphatic carboxylic acids is 1. The molecule has 0 aliphatic carbocycles. The van der Waals surface area contributed by atoms with Crippen LogP contribution >= 0.6 is 11.3 Å². The molecular weight excluding hydrogens is 330 g/mol. The normalized spacial score (nSPS) is 13.9. The molecule has 0 bridgehead atoms. The molecule has 4 rings (SSSR count). The van der Waals surface area contributed by atoms with Gasteiger partial charge >= 0.3 is 5.97 Å². The van der Waals surface area contributed by atoms with Gasteiger partial charge in [0.05, 0.1) is 17.8 Å². The fraction of sp³-hybridized carbons (Fsp3) is 0.188. The number of amides is 1. The SMILES string of the molecule is CN1C(=O)COc2ccc(-c3cn4c(CC(=O)O)csc4n3)cc21. The van der Waals surface area contributed by atoms with Gasteiger partial charge in [0.25, 0.3) is 5.91 Å². The number of benzene rings is 1. The van der Waals surface area contributed by atoms with E-state index >= 15 is 0 Å². The van der Waals surface area contributed by atoms with Gasteiger partial charge in [0.15, 0.2) is 11.6 Å².